The molecule has 0 aliphatic carbocycles. The molecule has 0 unspecified atom stereocenters. The molecule has 14 heavy (non-hydrogen) atoms. The van der Waals surface area contributed by atoms with Gasteiger partial charge in [-0.1, -0.05) is 41.5 Å². The van der Waals surface area contributed by atoms with Gasteiger partial charge in [-0.3, -0.25) is 0 Å². The zero-order valence-corrected chi connectivity index (χ0v) is 10.6. The van der Waals surface area contributed by atoms with Crippen LogP contribution < -0.4 is 0 Å². The Labute approximate surface area is 90.2 Å². The van der Waals surface area contributed by atoms with Crippen molar-refractivity contribution in [2.45, 2.75) is 54.4 Å². The number of hydrogen-bond donors (Lipinski definition) is 1. The van der Waals surface area contributed by atoms with Crippen molar-refractivity contribution in [1.82, 2.24) is 0 Å². The molecule has 0 saturated carbocycles. The van der Waals surface area contributed by atoms with Gasteiger partial charge in [0.1, 0.15) is 6.29 Å². The number of carbonyl (C=O) groups is 1. The Bertz CT molecular complexity index is 143. The topological polar surface area (TPSA) is 37.3 Å². The smallest absolute Gasteiger partial charge is 0.120 e. The molecule has 0 radical (unpaired) electrons. The second-order valence-electron chi connectivity index (χ2n) is 5.97. The van der Waals surface area contributed by atoms with Crippen molar-refractivity contribution >= 4 is 6.29 Å². The average Bonchev–Trinajstić information content (AvgIpc) is 1.81. The van der Waals surface area contributed by atoms with Crippen LogP contribution in [0.3, 0.4) is 0 Å². The molecule has 0 spiro atoms. The van der Waals surface area contributed by atoms with E-state index in [1.54, 1.807) is 0 Å². The summed E-state index contributed by atoms with van der Waals surface area (Å²) < 4.78 is 0. The maximum absolute atomic E-state index is 9.82. The van der Waals surface area contributed by atoms with Crippen LogP contribution >= 0.6 is 0 Å². The Morgan fingerprint density at radius 3 is 1.50 bits per heavy atom. The fourth-order valence-electron chi connectivity index (χ4n) is 0.585. The third-order valence-corrected chi connectivity index (χ3v) is 1.56. The van der Waals surface area contributed by atoms with Gasteiger partial charge in [0.2, 0.25) is 0 Å². The molecule has 0 fully saturated rings. The summed E-state index contributed by atoms with van der Waals surface area (Å²) in [5.41, 5.74) is 0.483. The van der Waals surface area contributed by atoms with Gasteiger partial charge in [-0.05, 0) is 17.3 Å². The minimum atomic E-state index is 0. The lowest BCUT2D eigenvalue weighted by molar-refractivity contribution is -0.109. The van der Waals surface area contributed by atoms with Crippen LogP contribution in [0.2, 0.25) is 0 Å². The number of aliphatic hydroxyl groups excluding tert-OH is 1. The maximum Gasteiger partial charge on any atom is 0.120 e. The first-order valence-corrected chi connectivity index (χ1v) is 5.17. The molecule has 0 aromatic heterocycles. The molecule has 0 aliphatic rings. The summed E-state index contributed by atoms with van der Waals surface area (Å²) in [7, 11) is 0. The first-order chi connectivity index (χ1) is 6.12. The standard InChI is InChI=1S/C6H14O.C6H12O.H2/c2*1-6(2,3)4-5-7;/h7H,4-5H2,1-3H3;5H,4H2,1-3H3;1H. The van der Waals surface area contributed by atoms with Gasteiger partial charge in [-0.2, -0.15) is 0 Å². The highest BCUT2D eigenvalue weighted by atomic mass is 16.3. The predicted octanol–water partition coefficient (Wildman–Crippen LogP) is 3.28. The zero-order valence-electron chi connectivity index (χ0n) is 10.6. The molecule has 0 aromatic carbocycles. The van der Waals surface area contributed by atoms with Crippen LogP contribution in [0.1, 0.15) is 55.8 Å². The van der Waals surface area contributed by atoms with Crippen molar-refractivity contribution in [1.29, 1.82) is 0 Å². The van der Waals surface area contributed by atoms with E-state index in [1.165, 1.54) is 0 Å². The normalized spacial score (nSPS) is 11.6. The van der Waals surface area contributed by atoms with Crippen molar-refractivity contribution in [2.24, 2.45) is 10.8 Å². The summed E-state index contributed by atoms with van der Waals surface area (Å²) >= 11 is 0. The molecule has 0 aliphatic heterocycles. The molecule has 0 atom stereocenters. The number of aliphatic hydroxyl groups is 1. The first-order valence-electron chi connectivity index (χ1n) is 5.17. The molecule has 88 valence electrons. The molecule has 2 nitrogen and oxygen atoms in total. The number of hydrogen-bond acceptors (Lipinski definition) is 2. The monoisotopic (exact) mass is 204 g/mol. The predicted molar refractivity (Wildman–Crippen MR) is 63.4 cm³/mol. The maximum atomic E-state index is 9.82. The molecule has 0 heterocycles. The summed E-state index contributed by atoms with van der Waals surface area (Å²) in [5, 5.41) is 8.40. The van der Waals surface area contributed by atoms with Gasteiger partial charge >= 0.3 is 0 Å². The van der Waals surface area contributed by atoms with Gasteiger partial charge in [0.15, 0.2) is 0 Å². The molecular formula is C12H28O2. The van der Waals surface area contributed by atoms with Crippen LogP contribution in [-0.2, 0) is 4.79 Å². The summed E-state index contributed by atoms with van der Waals surface area (Å²) in [6, 6.07) is 0. The third-order valence-electron chi connectivity index (χ3n) is 1.56. The summed E-state index contributed by atoms with van der Waals surface area (Å²) in [6.45, 7) is 12.8. The van der Waals surface area contributed by atoms with Crippen molar-refractivity contribution in [3.8, 4) is 0 Å². The molecule has 1 N–H and O–H groups in total. The molecule has 0 rings (SSSR count). The molecule has 0 saturated heterocycles. The highest BCUT2D eigenvalue weighted by molar-refractivity contribution is 5.50. The van der Waals surface area contributed by atoms with Crippen LogP contribution in [0.15, 0.2) is 0 Å². The van der Waals surface area contributed by atoms with Crippen molar-refractivity contribution in [2.75, 3.05) is 6.61 Å². The van der Waals surface area contributed by atoms with Crippen LogP contribution in [-0.4, -0.2) is 18.0 Å². The largest absolute Gasteiger partial charge is 0.396 e. The molecule has 0 amide bonds. The minimum absolute atomic E-state index is 0. The summed E-state index contributed by atoms with van der Waals surface area (Å²) in [6.07, 6.45) is 2.51. The fourth-order valence-corrected chi connectivity index (χ4v) is 0.585. The van der Waals surface area contributed by atoms with Crippen molar-refractivity contribution in [3.05, 3.63) is 0 Å². The Morgan fingerprint density at radius 2 is 1.50 bits per heavy atom. The average molecular weight is 204 g/mol. The zero-order chi connectivity index (χ0) is 11.8. The van der Waals surface area contributed by atoms with E-state index in [1.807, 2.05) is 20.8 Å². The van der Waals surface area contributed by atoms with Gasteiger partial charge < -0.3 is 9.90 Å². The lowest BCUT2D eigenvalue weighted by atomic mass is 9.93. The van der Waals surface area contributed by atoms with Gasteiger partial charge in [0, 0.05) is 14.5 Å². The molecular weight excluding hydrogens is 176 g/mol. The fraction of sp³-hybridized carbons (Fsp3) is 0.917. The highest BCUT2D eigenvalue weighted by Gasteiger charge is 2.07. The van der Waals surface area contributed by atoms with E-state index in [4.69, 9.17) is 5.11 Å². The van der Waals surface area contributed by atoms with Gasteiger partial charge in [-0.25, -0.2) is 0 Å². The van der Waals surface area contributed by atoms with E-state index in [2.05, 4.69) is 20.8 Å². The number of carbonyl (C=O) groups excluding carboxylic acids is 1. The quantitative estimate of drug-likeness (QED) is 0.701. The molecule has 0 aromatic rings. The van der Waals surface area contributed by atoms with Gasteiger partial charge in [0.05, 0.1) is 0 Å². The van der Waals surface area contributed by atoms with Crippen molar-refractivity contribution in [3.63, 3.8) is 0 Å². The summed E-state index contributed by atoms with van der Waals surface area (Å²) in [4.78, 5) is 9.82. The second-order valence-corrected chi connectivity index (χ2v) is 5.97. The third kappa shape index (κ3) is 22.6. The lowest BCUT2D eigenvalue weighted by Gasteiger charge is -2.14. The number of rotatable bonds is 2. The van der Waals surface area contributed by atoms with E-state index >= 15 is 0 Å². The van der Waals surface area contributed by atoms with E-state index < -0.39 is 0 Å². The Morgan fingerprint density at radius 1 is 1.07 bits per heavy atom. The Kier molecular flexibility index (Phi) is 8.03. The van der Waals surface area contributed by atoms with Crippen LogP contribution in [0.4, 0.5) is 0 Å². The molecule has 0 bridgehead atoms. The molecule has 2 heteroatoms. The van der Waals surface area contributed by atoms with Gasteiger partial charge in [-0.15, -0.1) is 0 Å². The SMILES string of the molecule is CC(C)(C)CC=O.CC(C)(C)CCO.[HH]. The van der Waals surface area contributed by atoms with Crippen molar-refractivity contribution < 1.29 is 11.3 Å². The second kappa shape index (κ2) is 6.99. The lowest BCUT2D eigenvalue weighted by Crippen LogP contribution is -2.06. The van der Waals surface area contributed by atoms with E-state index in [9.17, 15) is 4.79 Å². The highest BCUT2D eigenvalue weighted by Crippen LogP contribution is 2.16. The van der Waals surface area contributed by atoms with E-state index in [0.29, 0.717) is 18.4 Å². The number of aldehydes is 1. The van der Waals surface area contributed by atoms with Crippen LogP contribution in [0.25, 0.3) is 0 Å². The first kappa shape index (κ1) is 16.1. The van der Waals surface area contributed by atoms with E-state index in [0.717, 1.165) is 12.7 Å². The minimum Gasteiger partial charge on any atom is -0.396 e. The Balaban J connectivity index is -0.000000180. The van der Waals surface area contributed by atoms with Crippen LogP contribution in [0.5, 0.6) is 0 Å². The Hall–Kier alpha value is -0.370. The van der Waals surface area contributed by atoms with Gasteiger partial charge in [0.25, 0.3) is 0 Å². The summed E-state index contributed by atoms with van der Waals surface area (Å²) in [5.74, 6) is 0. The van der Waals surface area contributed by atoms with E-state index in [-0.39, 0.29) is 6.84 Å². The van der Waals surface area contributed by atoms with Crippen LogP contribution in [0, 0.1) is 10.8 Å².